The normalized spacial score (nSPS) is 13.9. The molecule has 0 saturated carbocycles. The van der Waals surface area contributed by atoms with Crippen molar-refractivity contribution in [3.8, 4) is 11.3 Å². The molecule has 3 heterocycles. The second-order valence-electron chi connectivity index (χ2n) is 6.75. The summed E-state index contributed by atoms with van der Waals surface area (Å²) in [5, 5.41) is 11.4. The number of morpholine rings is 1. The highest BCUT2D eigenvalue weighted by molar-refractivity contribution is 6.04. The van der Waals surface area contributed by atoms with Crippen LogP contribution in [0.5, 0.6) is 0 Å². The lowest BCUT2D eigenvalue weighted by atomic mass is 10.1. The van der Waals surface area contributed by atoms with Gasteiger partial charge >= 0.3 is 0 Å². The number of nitrogens with one attached hydrogen (secondary N) is 1. The summed E-state index contributed by atoms with van der Waals surface area (Å²) in [6.45, 7) is 2.98. The Kier molecular flexibility index (Phi) is 5.35. The molecule has 0 atom stereocenters. The Bertz CT molecular complexity index is 1070. The zero-order chi connectivity index (χ0) is 20.2. The van der Waals surface area contributed by atoms with Crippen LogP contribution >= 0.6 is 0 Å². The molecule has 0 unspecified atom stereocenters. The smallest absolute Gasteiger partial charge is 0.263 e. The Morgan fingerprint density at radius 2 is 1.90 bits per heavy atom. The molecule has 1 aromatic carbocycles. The average Bonchev–Trinajstić information content (AvgIpc) is 2.76. The van der Waals surface area contributed by atoms with Crippen LogP contribution in [0.15, 0.2) is 59.5 Å². The second-order valence-corrected chi connectivity index (χ2v) is 6.75. The molecule has 1 fully saturated rings. The van der Waals surface area contributed by atoms with E-state index in [1.165, 1.54) is 10.6 Å². The summed E-state index contributed by atoms with van der Waals surface area (Å²) in [4.78, 5) is 26.7. The minimum absolute atomic E-state index is 0.0926. The zero-order valence-corrected chi connectivity index (χ0v) is 16.0. The predicted octanol–water partition coefficient (Wildman–Crippen LogP) is 1.93. The van der Waals surface area contributed by atoms with E-state index < -0.39 is 5.91 Å². The number of anilines is 2. The van der Waals surface area contributed by atoms with E-state index in [-0.39, 0.29) is 11.1 Å². The minimum atomic E-state index is -0.447. The first-order valence-electron chi connectivity index (χ1n) is 9.36. The fraction of sp³-hybridized carbons (Fsp3) is 0.238. The second kappa shape index (κ2) is 8.24. The van der Waals surface area contributed by atoms with Gasteiger partial charge in [0.2, 0.25) is 0 Å². The van der Waals surface area contributed by atoms with Crippen LogP contribution in [0.1, 0.15) is 10.4 Å². The Hall–Kier alpha value is -3.52. The van der Waals surface area contributed by atoms with Crippen LogP contribution in [0, 0.1) is 0 Å². The molecular weight excluding hydrogens is 370 g/mol. The number of aromatic nitrogens is 3. The topological polar surface area (TPSA) is 89.3 Å². The van der Waals surface area contributed by atoms with Gasteiger partial charge in [0.1, 0.15) is 5.56 Å². The van der Waals surface area contributed by atoms with Crippen LogP contribution in [0.25, 0.3) is 11.3 Å². The fourth-order valence-corrected chi connectivity index (χ4v) is 3.17. The summed E-state index contributed by atoms with van der Waals surface area (Å²) in [6, 6.07) is 14.3. The molecule has 1 aliphatic heterocycles. The third-order valence-corrected chi connectivity index (χ3v) is 4.77. The lowest BCUT2D eigenvalue weighted by molar-refractivity contribution is 0.102. The Balaban J connectivity index is 1.52. The third-order valence-electron chi connectivity index (χ3n) is 4.77. The number of rotatable bonds is 4. The largest absolute Gasteiger partial charge is 0.378 e. The first-order chi connectivity index (χ1) is 14.1. The molecule has 2 aromatic heterocycles. The first-order valence-corrected chi connectivity index (χ1v) is 9.36. The number of carbonyl (C=O) groups is 1. The van der Waals surface area contributed by atoms with Crippen molar-refractivity contribution in [2.45, 2.75) is 0 Å². The van der Waals surface area contributed by atoms with Crippen molar-refractivity contribution in [2.75, 3.05) is 36.5 Å². The fourth-order valence-electron chi connectivity index (χ4n) is 3.17. The Morgan fingerprint density at radius 3 is 2.66 bits per heavy atom. The highest BCUT2D eigenvalue weighted by atomic mass is 16.5. The number of aryl methyl sites for hydroxylation is 1. The molecule has 0 aliphatic carbocycles. The van der Waals surface area contributed by atoms with E-state index in [1.54, 1.807) is 25.4 Å². The summed E-state index contributed by atoms with van der Waals surface area (Å²) in [7, 11) is 1.61. The quantitative estimate of drug-likeness (QED) is 0.731. The summed E-state index contributed by atoms with van der Waals surface area (Å²) < 4.78 is 6.73. The highest BCUT2D eigenvalue weighted by Crippen LogP contribution is 2.22. The number of hydrogen-bond donors (Lipinski definition) is 1. The number of carbonyl (C=O) groups excluding carboxylic acids is 1. The predicted molar refractivity (Wildman–Crippen MR) is 110 cm³/mol. The molecule has 0 radical (unpaired) electrons. The van der Waals surface area contributed by atoms with Crippen molar-refractivity contribution in [3.05, 3.63) is 70.6 Å². The lowest BCUT2D eigenvalue weighted by Crippen LogP contribution is -2.36. The average molecular weight is 391 g/mol. The van der Waals surface area contributed by atoms with Gasteiger partial charge in [0, 0.05) is 37.6 Å². The molecule has 1 saturated heterocycles. The molecular formula is C21H21N5O3. The van der Waals surface area contributed by atoms with Gasteiger partial charge in [-0.25, -0.2) is 0 Å². The van der Waals surface area contributed by atoms with Crippen LogP contribution in [0.2, 0.25) is 0 Å². The van der Waals surface area contributed by atoms with Crippen LogP contribution in [0.4, 0.5) is 11.5 Å². The first kappa shape index (κ1) is 18.8. The van der Waals surface area contributed by atoms with Crippen molar-refractivity contribution >= 4 is 17.4 Å². The highest BCUT2D eigenvalue weighted by Gasteiger charge is 2.14. The van der Waals surface area contributed by atoms with Crippen LogP contribution in [-0.2, 0) is 11.8 Å². The van der Waals surface area contributed by atoms with Crippen molar-refractivity contribution in [3.63, 3.8) is 0 Å². The molecule has 1 amide bonds. The molecule has 8 heteroatoms. The molecule has 29 heavy (non-hydrogen) atoms. The third kappa shape index (κ3) is 4.17. The molecule has 1 N–H and O–H groups in total. The number of benzene rings is 1. The van der Waals surface area contributed by atoms with Crippen LogP contribution in [0.3, 0.4) is 0 Å². The standard InChI is InChI=1S/C21H21N5O3/c1-25-9-3-6-17(21(25)28)20(27)22-16-5-2-4-15(14-16)18-7-8-19(24-23-18)26-10-12-29-13-11-26/h2-9,14H,10-13H2,1H3,(H,22,27). The van der Waals surface area contributed by atoms with Gasteiger partial charge in [-0.2, -0.15) is 0 Å². The lowest BCUT2D eigenvalue weighted by Gasteiger charge is -2.27. The van der Waals surface area contributed by atoms with Crippen molar-refractivity contribution in [2.24, 2.45) is 7.05 Å². The maximum atomic E-state index is 12.5. The van der Waals surface area contributed by atoms with Gasteiger partial charge in [-0.15, -0.1) is 10.2 Å². The van der Waals surface area contributed by atoms with Crippen LogP contribution in [-0.4, -0.2) is 47.0 Å². The van der Waals surface area contributed by atoms with Gasteiger partial charge in [0.05, 0.1) is 18.9 Å². The molecule has 1 aliphatic rings. The maximum Gasteiger partial charge on any atom is 0.263 e. The summed E-state index contributed by atoms with van der Waals surface area (Å²) in [6.07, 6.45) is 1.61. The van der Waals surface area contributed by atoms with Gasteiger partial charge in [0.15, 0.2) is 5.82 Å². The van der Waals surface area contributed by atoms with E-state index in [1.807, 2.05) is 30.3 Å². The Morgan fingerprint density at radius 1 is 1.07 bits per heavy atom. The molecule has 0 spiro atoms. The number of hydrogen-bond acceptors (Lipinski definition) is 6. The van der Waals surface area contributed by atoms with Gasteiger partial charge in [0.25, 0.3) is 11.5 Å². The number of pyridine rings is 1. The monoisotopic (exact) mass is 391 g/mol. The summed E-state index contributed by atoms with van der Waals surface area (Å²) in [5.41, 5.74) is 1.86. The SMILES string of the molecule is Cn1cccc(C(=O)Nc2cccc(-c3ccc(N4CCOCC4)nn3)c2)c1=O. The minimum Gasteiger partial charge on any atom is -0.378 e. The molecule has 8 nitrogen and oxygen atoms in total. The Labute approximate surface area is 167 Å². The number of amides is 1. The van der Waals surface area contributed by atoms with Crippen LogP contribution < -0.4 is 15.8 Å². The van der Waals surface area contributed by atoms with E-state index in [9.17, 15) is 9.59 Å². The van der Waals surface area contributed by atoms with Gasteiger partial charge in [-0.1, -0.05) is 12.1 Å². The van der Waals surface area contributed by atoms with Gasteiger partial charge in [-0.3, -0.25) is 9.59 Å². The molecule has 0 bridgehead atoms. The summed E-state index contributed by atoms with van der Waals surface area (Å²) in [5.74, 6) is 0.374. The maximum absolute atomic E-state index is 12.5. The van der Waals surface area contributed by atoms with E-state index in [4.69, 9.17) is 4.74 Å². The molecule has 3 aromatic rings. The molecule has 4 rings (SSSR count). The van der Waals surface area contributed by atoms with Crippen molar-refractivity contribution in [1.29, 1.82) is 0 Å². The number of nitrogens with zero attached hydrogens (tertiary/aromatic N) is 4. The van der Waals surface area contributed by atoms with Gasteiger partial charge in [-0.05, 0) is 36.4 Å². The van der Waals surface area contributed by atoms with Crippen molar-refractivity contribution in [1.82, 2.24) is 14.8 Å². The van der Waals surface area contributed by atoms with Crippen molar-refractivity contribution < 1.29 is 9.53 Å². The van der Waals surface area contributed by atoms with E-state index in [0.29, 0.717) is 24.6 Å². The summed E-state index contributed by atoms with van der Waals surface area (Å²) >= 11 is 0. The van der Waals surface area contributed by atoms with E-state index >= 15 is 0 Å². The van der Waals surface area contributed by atoms with Gasteiger partial charge < -0.3 is 19.5 Å². The number of ether oxygens (including phenoxy) is 1. The zero-order valence-electron chi connectivity index (χ0n) is 16.0. The molecule has 148 valence electrons. The van der Waals surface area contributed by atoms with E-state index in [2.05, 4.69) is 20.4 Å². The van der Waals surface area contributed by atoms with E-state index in [0.717, 1.165) is 24.5 Å².